The molecule has 1 aromatic carbocycles. The van der Waals surface area contributed by atoms with Crippen molar-refractivity contribution in [3.05, 3.63) is 35.9 Å². The molecule has 1 aromatic rings. The van der Waals surface area contributed by atoms with Gasteiger partial charge in [0.1, 0.15) is 0 Å². The van der Waals surface area contributed by atoms with Crippen molar-refractivity contribution in [3.63, 3.8) is 0 Å². The molecule has 0 nitrogen and oxygen atoms in total. The van der Waals surface area contributed by atoms with Gasteiger partial charge in [-0.15, -0.1) is 0 Å². The maximum absolute atomic E-state index is 2.36. The van der Waals surface area contributed by atoms with Crippen molar-refractivity contribution in [1.82, 2.24) is 0 Å². The van der Waals surface area contributed by atoms with Crippen LogP contribution in [0.25, 0.3) is 0 Å². The normalized spacial score (nSPS) is 14.3. The van der Waals surface area contributed by atoms with E-state index in [2.05, 4.69) is 169 Å². The first-order valence-electron chi connectivity index (χ1n) is 31.9. The Balaban J connectivity index is -0.000000362. The molecule has 416 valence electrons. The lowest BCUT2D eigenvalue weighted by atomic mass is 9.82. The Hall–Kier alpha value is -0.780. The van der Waals surface area contributed by atoms with Crippen molar-refractivity contribution in [2.75, 3.05) is 0 Å². The number of rotatable bonds is 28. The summed E-state index contributed by atoms with van der Waals surface area (Å²) in [6, 6.07) is 10.8. The van der Waals surface area contributed by atoms with Crippen LogP contribution < -0.4 is 0 Å². The molecule has 0 aliphatic heterocycles. The molecule has 0 amide bonds. The van der Waals surface area contributed by atoms with Crippen LogP contribution in [0.5, 0.6) is 0 Å². The largest absolute Gasteiger partial charge is 0.0654 e. The molecule has 0 heterocycles. The summed E-state index contributed by atoms with van der Waals surface area (Å²) in [5.41, 5.74) is 1.49. The van der Waals surface area contributed by atoms with E-state index in [4.69, 9.17) is 0 Å². The van der Waals surface area contributed by atoms with Crippen LogP contribution in [0.3, 0.4) is 0 Å². The molecule has 0 bridgehead atoms. The molecule has 0 radical (unpaired) electrons. The van der Waals surface area contributed by atoms with Crippen LogP contribution in [-0.2, 0) is 6.42 Å². The molecule has 2 fully saturated rings. The molecule has 2 saturated carbocycles. The third-order valence-electron chi connectivity index (χ3n) is 15.4. The lowest BCUT2D eigenvalue weighted by Gasteiger charge is -2.24. The SMILES string of the molecule is CC(C)C1CCCCC1.CC(C)CC1CCCC1.CC(C)CCCCCCc1ccccc1.CCC(CC)C(C)C.CCCCC(C)C(C)C.CCCCCC(C)C.CCCCCCCCC(C)C. The van der Waals surface area contributed by atoms with Gasteiger partial charge in [0.05, 0.1) is 0 Å². The van der Waals surface area contributed by atoms with Gasteiger partial charge in [0.2, 0.25) is 0 Å². The molecule has 1 unspecified atom stereocenters. The van der Waals surface area contributed by atoms with Gasteiger partial charge >= 0.3 is 0 Å². The van der Waals surface area contributed by atoms with Gasteiger partial charge in [-0.25, -0.2) is 0 Å². The Bertz CT molecular complexity index is 1010. The van der Waals surface area contributed by atoms with Crippen LogP contribution in [-0.4, -0.2) is 0 Å². The summed E-state index contributed by atoms with van der Waals surface area (Å²) < 4.78 is 0. The average Bonchev–Trinajstić information content (AvgIpc) is 3.82. The molecular formula is C69H140. The number of unbranched alkanes of at least 4 members (excludes halogenated alkanes) is 11. The van der Waals surface area contributed by atoms with E-state index in [9.17, 15) is 0 Å². The Morgan fingerprint density at radius 3 is 1.16 bits per heavy atom. The van der Waals surface area contributed by atoms with E-state index in [0.29, 0.717) is 0 Å². The Labute approximate surface area is 442 Å². The summed E-state index contributed by atoms with van der Waals surface area (Å²) >= 11 is 0. The minimum Gasteiger partial charge on any atom is -0.0654 e. The predicted octanol–water partition coefficient (Wildman–Crippen LogP) is 25.4. The van der Waals surface area contributed by atoms with E-state index in [1.54, 1.807) is 0 Å². The molecule has 1 atom stereocenters. The molecule has 0 saturated heterocycles. The fraction of sp³-hybridized carbons (Fsp3) is 0.913. The summed E-state index contributed by atoms with van der Waals surface area (Å²) in [6.45, 7) is 46.1. The quantitative estimate of drug-likeness (QED) is 0.0734. The van der Waals surface area contributed by atoms with Gasteiger partial charge in [-0.2, -0.15) is 0 Å². The lowest BCUT2D eigenvalue weighted by Crippen LogP contribution is -2.12. The van der Waals surface area contributed by atoms with Gasteiger partial charge in [0.25, 0.3) is 0 Å². The van der Waals surface area contributed by atoms with Crippen LogP contribution in [0.1, 0.15) is 343 Å². The lowest BCUT2D eigenvalue weighted by molar-refractivity contribution is 0.279. The topological polar surface area (TPSA) is 0 Å². The van der Waals surface area contributed by atoms with E-state index in [-0.39, 0.29) is 0 Å². The zero-order chi connectivity index (χ0) is 53.1. The number of hydrogen-bond donors (Lipinski definition) is 0. The van der Waals surface area contributed by atoms with E-state index in [0.717, 1.165) is 65.1 Å². The monoisotopic (exact) mass is 969 g/mol. The highest BCUT2D eigenvalue weighted by molar-refractivity contribution is 5.14. The number of aryl methyl sites for hydroxylation is 1. The second-order valence-electron chi connectivity index (χ2n) is 25.3. The molecule has 0 heteroatoms. The second kappa shape index (κ2) is 56.5. The molecule has 2 aliphatic carbocycles. The highest BCUT2D eigenvalue weighted by atomic mass is 14.2. The van der Waals surface area contributed by atoms with E-state index >= 15 is 0 Å². The van der Waals surface area contributed by atoms with Crippen LogP contribution in [0.4, 0.5) is 0 Å². The first kappa shape index (κ1) is 74.7. The first-order valence-corrected chi connectivity index (χ1v) is 31.9. The van der Waals surface area contributed by atoms with Gasteiger partial charge in [-0.3, -0.25) is 0 Å². The Morgan fingerprint density at radius 2 is 0.797 bits per heavy atom. The predicted molar refractivity (Wildman–Crippen MR) is 325 cm³/mol. The van der Waals surface area contributed by atoms with Gasteiger partial charge < -0.3 is 0 Å². The van der Waals surface area contributed by atoms with Crippen LogP contribution >= 0.6 is 0 Å². The molecular weight excluding hydrogens is 829 g/mol. The number of hydrogen-bond acceptors (Lipinski definition) is 0. The van der Waals surface area contributed by atoms with Gasteiger partial charge in [0, 0.05) is 0 Å². The highest BCUT2D eigenvalue weighted by Crippen LogP contribution is 2.30. The third-order valence-corrected chi connectivity index (χ3v) is 15.4. The standard InChI is InChI=1S/C15H24.C11H24.2C9H18.C9H20.2C8H18/c1-14(2)10-6-3-4-7-11-15-12-8-5-9-13-15;1-4-5-6-7-8-9-10-11(2)3;1-8(2)7-9-5-3-4-6-9;1-8(2)9-6-4-3-5-7-9;1-5-6-7-9(4)8(2)3;1-5-8(6-2)7(3)4;1-4-5-6-7-8(2)3/h5,8-9,12-14H,3-4,6-7,10-11H2,1-2H3;11H,4-10H2,1-3H3;2*8-9H,3-7H2,1-2H3;8-9H,5-7H2,1-4H3;7-8H,5-6H2,1-4H3;8H,4-7H2,1-3H3. The minimum absolute atomic E-state index is 0.872. The molecule has 69 heavy (non-hydrogen) atoms. The maximum Gasteiger partial charge on any atom is -0.0279 e. The van der Waals surface area contributed by atoms with Gasteiger partial charge in [0.15, 0.2) is 0 Å². The smallest absolute Gasteiger partial charge is 0.0279 e. The van der Waals surface area contributed by atoms with Crippen LogP contribution in [0.15, 0.2) is 30.3 Å². The summed E-state index contributed by atoms with van der Waals surface area (Å²) in [4.78, 5) is 0. The number of benzene rings is 1. The van der Waals surface area contributed by atoms with Crippen molar-refractivity contribution in [2.45, 2.75) is 344 Å². The van der Waals surface area contributed by atoms with Crippen molar-refractivity contribution < 1.29 is 0 Å². The fourth-order valence-electron chi connectivity index (χ4n) is 9.82. The Morgan fingerprint density at radius 1 is 0.391 bits per heavy atom. The molecule has 0 N–H and O–H groups in total. The summed E-state index contributed by atoms with van der Waals surface area (Å²) in [5, 5.41) is 0. The second-order valence-corrected chi connectivity index (χ2v) is 25.3. The third kappa shape index (κ3) is 61.4. The van der Waals surface area contributed by atoms with Crippen LogP contribution in [0.2, 0.25) is 0 Å². The molecule has 3 rings (SSSR count). The van der Waals surface area contributed by atoms with Crippen molar-refractivity contribution >= 4 is 0 Å². The summed E-state index contributed by atoms with van der Waals surface area (Å²) in [5.74, 6) is 10.3. The zero-order valence-corrected chi connectivity index (χ0v) is 52.4. The zero-order valence-electron chi connectivity index (χ0n) is 52.4. The van der Waals surface area contributed by atoms with Crippen molar-refractivity contribution in [3.8, 4) is 0 Å². The van der Waals surface area contributed by atoms with Crippen LogP contribution in [0, 0.1) is 65.1 Å². The molecule has 0 spiro atoms. The average molecular weight is 970 g/mol. The van der Waals surface area contributed by atoms with Gasteiger partial charge in [-0.1, -0.05) is 355 Å². The van der Waals surface area contributed by atoms with E-state index in [1.807, 2.05) is 0 Å². The highest BCUT2D eigenvalue weighted by Gasteiger charge is 2.16. The van der Waals surface area contributed by atoms with Crippen molar-refractivity contribution in [2.24, 2.45) is 65.1 Å². The molecule has 0 aromatic heterocycles. The van der Waals surface area contributed by atoms with E-state index < -0.39 is 0 Å². The van der Waals surface area contributed by atoms with Gasteiger partial charge in [-0.05, 0) is 89.9 Å². The summed E-state index contributed by atoms with van der Waals surface area (Å²) in [6.07, 6.45) is 45.6. The summed E-state index contributed by atoms with van der Waals surface area (Å²) in [7, 11) is 0. The Kier molecular flexibility index (Phi) is 61.2. The van der Waals surface area contributed by atoms with E-state index in [1.165, 1.54) is 211 Å². The minimum atomic E-state index is 0.872. The first-order chi connectivity index (χ1) is 32.8. The molecule has 2 aliphatic rings. The van der Waals surface area contributed by atoms with Crippen molar-refractivity contribution in [1.29, 1.82) is 0 Å². The maximum atomic E-state index is 2.36. The fourth-order valence-corrected chi connectivity index (χ4v) is 9.82.